The van der Waals surface area contributed by atoms with Crippen LogP contribution >= 0.6 is 11.3 Å². The third-order valence-corrected chi connectivity index (χ3v) is 8.31. The van der Waals surface area contributed by atoms with Crippen molar-refractivity contribution in [2.45, 2.75) is 32.9 Å². The zero-order valence-electron chi connectivity index (χ0n) is 22.8. The van der Waals surface area contributed by atoms with Crippen LogP contribution in [0.25, 0.3) is 20.8 Å². The second kappa shape index (κ2) is 12.3. The molecule has 8 heteroatoms. The number of β-amino-alcohol motifs (C(OH)–C–C–N with tert-alkyl or cyclic N) is 1. The van der Waals surface area contributed by atoms with Crippen LogP contribution < -0.4 is 10.1 Å². The first-order valence-electron chi connectivity index (χ1n) is 13.4. The maximum atomic E-state index is 12.7. The largest absolute Gasteiger partial charge is 0.491 e. The molecule has 3 aromatic carbocycles. The van der Waals surface area contributed by atoms with Crippen LogP contribution in [0.4, 0.5) is 5.69 Å². The SMILES string of the molecule is Cc1cccc(C)c1NC(=O)CN1CCN(C[C@H](O)COc2ccc3sc(-c4ccccc4)nc3c2)C(C)C1. The maximum absolute atomic E-state index is 12.7. The molecule has 1 amide bonds. The highest BCUT2D eigenvalue weighted by molar-refractivity contribution is 7.21. The number of thiazole rings is 1. The van der Waals surface area contributed by atoms with Crippen LogP contribution in [-0.2, 0) is 4.79 Å². The average Bonchev–Trinajstić information content (AvgIpc) is 3.35. The van der Waals surface area contributed by atoms with Gasteiger partial charge < -0.3 is 15.2 Å². The molecule has 5 rings (SSSR count). The van der Waals surface area contributed by atoms with Crippen molar-refractivity contribution in [1.29, 1.82) is 0 Å². The predicted octanol–water partition coefficient (Wildman–Crippen LogP) is 4.96. The smallest absolute Gasteiger partial charge is 0.238 e. The van der Waals surface area contributed by atoms with E-state index in [-0.39, 0.29) is 18.6 Å². The van der Waals surface area contributed by atoms with E-state index in [0.717, 1.165) is 57.2 Å². The third kappa shape index (κ3) is 6.83. The van der Waals surface area contributed by atoms with E-state index in [1.807, 2.05) is 68.4 Å². The fourth-order valence-corrected chi connectivity index (χ4v) is 6.05. The lowest BCUT2D eigenvalue weighted by molar-refractivity contribution is -0.118. The highest BCUT2D eigenvalue weighted by Gasteiger charge is 2.26. The summed E-state index contributed by atoms with van der Waals surface area (Å²) in [6.45, 7) is 9.62. The van der Waals surface area contributed by atoms with Crippen LogP contribution in [0, 0.1) is 13.8 Å². The van der Waals surface area contributed by atoms with Gasteiger partial charge in [-0.15, -0.1) is 11.3 Å². The quantitative estimate of drug-likeness (QED) is 0.310. The van der Waals surface area contributed by atoms with Gasteiger partial charge >= 0.3 is 0 Å². The molecule has 1 aliphatic heterocycles. The molecule has 0 saturated carbocycles. The summed E-state index contributed by atoms with van der Waals surface area (Å²) >= 11 is 1.66. The standard InChI is InChI=1S/C31H36N4O3S/c1-21-8-7-9-22(2)30(21)33-29(37)19-34-14-15-35(23(3)17-34)18-25(36)20-38-26-12-13-28-27(16-26)32-31(39-28)24-10-5-4-6-11-24/h4-13,16,23,25,36H,14-15,17-20H2,1-3H3,(H,33,37)/t23?,25-/m0/s1. The molecule has 1 unspecified atom stereocenters. The molecule has 1 aromatic heterocycles. The maximum Gasteiger partial charge on any atom is 0.238 e. The van der Waals surface area contributed by atoms with E-state index < -0.39 is 6.10 Å². The monoisotopic (exact) mass is 544 g/mol. The first-order chi connectivity index (χ1) is 18.9. The van der Waals surface area contributed by atoms with E-state index >= 15 is 0 Å². The van der Waals surface area contributed by atoms with Gasteiger partial charge in [-0.05, 0) is 44.0 Å². The number of fused-ring (bicyclic) bond motifs is 1. The summed E-state index contributed by atoms with van der Waals surface area (Å²) in [6, 6.07) is 22.3. The van der Waals surface area contributed by atoms with Gasteiger partial charge in [0.1, 0.15) is 23.5 Å². The van der Waals surface area contributed by atoms with Gasteiger partial charge in [0.15, 0.2) is 0 Å². The van der Waals surface area contributed by atoms with Gasteiger partial charge in [0.2, 0.25) is 5.91 Å². The van der Waals surface area contributed by atoms with Gasteiger partial charge in [-0.3, -0.25) is 14.6 Å². The lowest BCUT2D eigenvalue weighted by Gasteiger charge is -2.40. The van der Waals surface area contributed by atoms with Gasteiger partial charge in [0.05, 0.1) is 16.8 Å². The number of amides is 1. The van der Waals surface area contributed by atoms with Crippen LogP contribution in [0.15, 0.2) is 66.7 Å². The number of carbonyl (C=O) groups is 1. The van der Waals surface area contributed by atoms with Gasteiger partial charge in [-0.25, -0.2) is 4.98 Å². The molecule has 1 fully saturated rings. The molecule has 0 bridgehead atoms. The van der Waals surface area contributed by atoms with Gasteiger partial charge in [-0.2, -0.15) is 0 Å². The molecule has 204 valence electrons. The van der Waals surface area contributed by atoms with Crippen molar-refractivity contribution in [3.63, 3.8) is 0 Å². The minimum atomic E-state index is -0.614. The fraction of sp³-hybridized carbons (Fsp3) is 0.355. The van der Waals surface area contributed by atoms with Crippen molar-refractivity contribution in [2.24, 2.45) is 0 Å². The van der Waals surface area contributed by atoms with E-state index in [1.165, 1.54) is 0 Å². The number of carbonyl (C=O) groups excluding carboxylic acids is 1. The summed E-state index contributed by atoms with van der Waals surface area (Å²) in [5.74, 6) is 0.716. The number of rotatable bonds is 9. The average molecular weight is 545 g/mol. The number of benzene rings is 3. The minimum Gasteiger partial charge on any atom is -0.491 e. The topological polar surface area (TPSA) is 77.9 Å². The van der Waals surface area contributed by atoms with Crippen LogP contribution in [0.5, 0.6) is 5.75 Å². The number of hydrogen-bond donors (Lipinski definition) is 2. The Morgan fingerprint density at radius 1 is 1.10 bits per heavy atom. The summed E-state index contributed by atoms with van der Waals surface area (Å²) < 4.78 is 7.05. The molecule has 0 spiro atoms. The molecule has 39 heavy (non-hydrogen) atoms. The summed E-state index contributed by atoms with van der Waals surface area (Å²) in [7, 11) is 0. The molecule has 4 aromatic rings. The second-order valence-corrected chi connectivity index (χ2v) is 11.4. The van der Waals surface area contributed by atoms with E-state index in [0.29, 0.717) is 18.8 Å². The molecule has 2 N–H and O–H groups in total. The summed E-state index contributed by atoms with van der Waals surface area (Å²) in [4.78, 5) is 21.9. The van der Waals surface area contributed by atoms with Crippen LogP contribution in [-0.4, -0.2) is 77.3 Å². The van der Waals surface area contributed by atoms with Gasteiger partial charge in [-0.1, -0.05) is 48.5 Å². The van der Waals surface area contributed by atoms with E-state index in [1.54, 1.807) is 11.3 Å². The minimum absolute atomic E-state index is 0.00875. The number of nitrogens with one attached hydrogen (secondary N) is 1. The van der Waals surface area contributed by atoms with E-state index in [9.17, 15) is 9.90 Å². The number of aromatic nitrogens is 1. The molecule has 1 aliphatic rings. The van der Waals surface area contributed by atoms with Crippen molar-refractivity contribution in [2.75, 3.05) is 44.6 Å². The lowest BCUT2D eigenvalue weighted by atomic mass is 10.1. The first kappa shape index (κ1) is 27.3. The number of nitrogens with zero attached hydrogens (tertiary/aromatic N) is 3. The predicted molar refractivity (Wildman–Crippen MR) is 159 cm³/mol. The summed E-state index contributed by atoms with van der Waals surface area (Å²) in [6.07, 6.45) is -0.614. The van der Waals surface area contributed by atoms with Crippen molar-refractivity contribution in [3.8, 4) is 16.3 Å². The van der Waals surface area contributed by atoms with Gasteiger partial charge in [0, 0.05) is 49.5 Å². The van der Waals surface area contributed by atoms with E-state index in [4.69, 9.17) is 9.72 Å². The fourth-order valence-electron chi connectivity index (χ4n) is 5.10. The number of aryl methyl sites for hydroxylation is 2. The highest BCUT2D eigenvalue weighted by atomic mass is 32.1. The second-order valence-electron chi connectivity index (χ2n) is 10.4. The molecule has 7 nitrogen and oxygen atoms in total. The zero-order chi connectivity index (χ0) is 27.4. The molecule has 0 radical (unpaired) electrons. The van der Waals surface area contributed by atoms with Gasteiger partial charge in [0.25, 0.3) is 0 Å². The Morgan fingerprint density at radius 3 is 2.62 bits per heavy atom. The van der Waals surface area contributed by atoms with Crippen LogP contribution in [0.1, 0.15) is 18.1 Å². The number of aliphatic hydroxyl groups is 1. The number of ether oxygens (including phenoxy) is 1. The summed E-state index contributed by atoms with van der Waals surface area (Å²) in [5.41, 5.74) is 5.05. The van der Waals surface area contributed by atoms with Crippen molar-refractivity contribution < 1.29 is 14.6 Å². The number of aliphatic hydroxyl groups excluding tert-OH is 1. The summed E-state index contributed by atoms with van der Waals surface area (Å²) in [5, 5.41) is 14.8. The Labute approximate surface area is 234 Å². The van der Waals surface area contributed by atoms with Crippen molar-refractivity contribution in [1.82, 2.24) is 14.8 Å². The number of piperazine rings is 1. The number of hydrogen-bond acceptors (Lipinski definition) is 7. The number of anilines is 1. The molecule has 0 aliphatic carbocycles. The Balaban J connectivity index is 1.08. The Morgan fingerprint density at radius 2 is 1.87 bits per heavy atom. The van der Waals surface area contributed by atoms with Crippen molar-refractivity contribution >= 4 is 33.1 Å². The Bertz CT molecular complexity index is 1400. The highest BCUT2D eigenvalue weighted by Crippen LogP contribution is 2.32. The normalized spacial score (nSPS) is 17.3. The zero-order valence-corrected chi connectivity index (χ0v) is 23.6. The molecule has 2 atom stereocenters. The lowest BCUT2D eigenvalue weighted by Crippen LogP contribution is -2.55. The molecule has 1 saturated heterocycles. The van der Waals surface area contributed by atoms with Crippen LogP contribution in [0.2, 0.25) is 0 Å². The van der Waals surface area contributed by atoms with Crippen molar-refractivity contribution in [3.05, 3.63) is 77.9 Å². The Kier molecular flexibility index (Phi) is 8.57. The molecular weight excluding hydrogens is 508 g/mol. The third-order valence-electron chi connectivity index (χ3n) is 7.23. The first-order valence-corrected chi connectivity index (χ1v) is 14.3. The van der Waals surface area contributed by atoms with E-state index in [2.05, 4.69) is 34.2 Å². The Hall–Kier alpha value is -3.30. The van der Waals surface area contributed by atoms with Crippen LogP contribution in [0.3, 0.4) is 0 Å². The molecule has 2 heterocycles. The number of para-hydroxylation sites is 1. The molecular formula is C31H36N4O3S.